The van der Waals surface area contributed by atoms with E-state index in [-0.39, 0.29) is 10.9 Å². The van der Waals surface area contributed by atoms with Crippen molar-refractivity contribution >= 4 is 18.0 Å². The van der Waals surface area contributed by atoms with Crippen LogP contribution in [0.5, 0.6) is 0 Å². The molecule has 4 heteroatoms. The Morgan fingerprint density at radius 3 is 2.50 bits per heavy atom. The van der Waals surface area contributed by atoms with E-state index < -0.39 is 5.92 Å². The van der Waals surface area contributed by atoms with Crippen LogP contribution in [-0.4, -0.2) is 23.6 Å². The van der Waals surface area contributed by atoms with Crippen molar-refractivity contribution in [2.45, 2.75) is 25.0 Å². The van der Waals surface area contributed by atoms with Gasteiger partial charge in [-0.2, -0.15) is 20.5 Å². The molecule has 0 saturated carbocycles. The second-order valence-electron chi connectivity index (χ2n) is 3.08. The fraction of sp³-hybridized carbons (Fsp3) is 0.500. The van der Waals surface area contributed by atoms with Gasteiger partial charge in [0.25, 0.3) is 5.92 Å². The van der Waals surface area contributed by atoms with Crippen molar-refractivity contribution in [2.75, 3.05) is 6.26 Å². The molecule has 14 heavy (non-hydrogen) atoms. The lowest BCUT2D eigenvalue weighted by atomic mass is 10.2. The van der Waals surface area contributed by atoms with Gasteiger partial charge in [0.2, 0.25) is 0 Å². The molecule has 1 rings (SSSR count). The summed E-state index contributed by atoms with van der Waals surface area (Å²) >= 11 is 1.61. The Hall–Kier alpha value is -0.820. The topological polar surface area (TPSA) is 12.4 Å². The summed E-state index contributed by atoms with van der Waals surface area (Å²) < 4.78 is 25.5. The van der Waals surface area contributed by atoms with E-state index in [1.165, 1.54) is 6.21 Å². The largest absolute Gasteiger partial charge is 0.294 e. The summed E-state index contributed by atoms with van der Waals surface area (Å²) in [4.78, 5) is 3.67. The fourth-order valence-electron chi connectivity index (χ4n) is 0.887. The van der Waals surface area contributed by atoms with Crippen LogP contribution < -0.4 is 0 Å². The van der Waals surface area contributed by atoms with Crippen molar-refractivity contribution in [1.29, 1.82) is 0 Å². The van der Waals surface area contributed by atoms with Crippen LogP contribution in [0.4, 0.5) is 8.78 Å². The van der Waals surface area contributed by atoms with E-state index in [0.29, 0.717) is 0 Å². The molecule has 0 aromatic heterocycles. The number of rotatable bonds is 3. The Labute approximate surface area is 86.3 Å². The summed E-state index contributed by atoms with van der Waals surface area (Å²) in [5.74, 6) is -2.93. The van der Waals surface area contributed by atoms with Crippen LogP contribution in [0.1, 0.15) is 13.8 Å². The van der Waals surface area contributed by atoms with Gasteiger partial charge in [-0.05, 0) is 18.9 Å². The number of hydrogen-bond acceptors (Lipinski definition) is 2. The van der Waals surface area contributed by atoms with Gasteiger partial charge >= 0.3 is 0 Å². The third-order valence-corrected chi connectivity index (χ3v) is 2.83. The van der Waals surface area contributed by atoms with Crippen molar-refractivity contribution in [2.24, 2.45) is 4.99 Å². The lowest BCUT2D eigenvalue weighted by molar-refractivity contribution is 0.0625. The standard InChI is InChI=1S/C10H11F2NS/c1-7(14-3)8-4-5-9(13-6-8)10(2,11)12/h6-7H,1-3H3. The summed E-state index contributed by atoms with van der Waals surface area (Å²) in [5.41, 5.74) is 5.54. The van der Waals surface area contributed by atoms with Gasteiger partial charge < -0.3 is 0 Å². The number of thioether (sulfide) groups is 1. The Morgan fingerprint density at radius 1 is 1.50 bits per heavy atom. The molecular weight excluding hydrogens is 204 g/mol. The van der Waals surface area contributed by atoms with Crippen LogP contribution in [-0.2, 0) is 0 Å². The predicted molar refractivity (Wildman–Crippen MR) is 56.1 cm³/mol. The maximum absolute atomic E-state index is 12.8. The zero-order valence-electron chi connectivity index (χ0n) is 8.27. The molecule has 0 aliphatic carbocycles. The quantitative estimate of drug-likeness (QED) is 0.659. The van der Waals surface area contributed by atoms with Crippen LogP contribution in [0.25, 0.3) is 0 Å². The molecule has 1 nitrogen and oxygen atoms in total. The minimum Gasteiger partial charge on any atom is -0.245 e. The molecule has 0 spiro atoms. The molecule has 0 radical (unpaired) electrons. The van der Waals surface area contributed by atoms with E-state index in [4.69, 9.17) is 0 Å². The molecular formula is C10H11F2NS. The second kappa shape index (κ2) is 4.14. The first-order valence-electron chi connectivity index (χ1n) is 4.16. The minimum absolute atomic E-state index is 0.207. The number of allylic oxidation sites excluding steroid dienone is 1. The highest BCUT2D eigenvalue weighted by Crippen LogP contribution is 2.25. The van der Waals surface area contributed by atoms with Crippen LogP contribution in [0.3, 0.4) is 0 Å². The number of nitrogens with zero attached hydrogens (tertiary/aromatic N) is 1. The van der Waals surface area contributed by atoms with Crippen molar-refractivity contribution in [3.8, 4) is 0 Å². The highest BCUT2D eigenvalue weighted by atomic mass is 32.2. The van der Waals surface area contributed by atoms with Crippen LogP contribution in [0, 0.1) is 0 Å². The molecule has 0 saturated heterocycles. The van der Waals surface area contributed by atoms with Crippen molar-refractivity contribution < 1.29 is 8.78 Å². The monoisotopic (exact) mass is 215 g/mol. The molecule has 1 unspecified atom stereocenters. The van der Waals surface area contributed by atoms with E-state index in [2.05, 4.69) is 16.5 Å². The molecule has 0 fully saturated rings. The fourth-order valence-corrected chi connectivity index (χ4v) is 1.26. The Kier molecular flexibility index (Phi) is 3.33. The molecule has 0 bridgehead atoms. The van der Waals surface area contributed by atoms with Gasteiger partial charge in [-0.1, -0.05) is 5.73 Å². The van der Waals surface area contributed by atoms with Crippen LogP contribution >= 0.6 is 11.8 Å². The minimum atomic E-state index is -2.93. The van der Waals surface area contributed by atoms with Gasteiger partial charge in [0.15, 0.2) is 5.70 Å². The molecule has 76 valence electrons. The molecule has 0 N–H and O–H groups in total. The number of aliphatic imine (C=N–C) groups is 1. The van der Waals surface area contributed by atoms with Gasteiger partial charge in [-0.15, -0.1) is 0 Å². The number of halogens is 2. The Morgan fingerprint density at radius 2 is 2.14 bits per heavy atom. The molecule has 1 heterocycles. The Balaban J connectivity index is 3.05. The summed E-state index contributed by atoms with van der Waals surface area (Å²) in [7, 11) is 0. The molecule has 1 aliphatic heterocycles. The first kappa shape index (κ1) is 11.3. The first-order valence-corrected chi connectivity index (χ1v) is 5.45. The molecule has 0 aromatic carbocycles. The van der Waals surface area contributed by atoms with Crippen LogP contribution in [0.2, 0.25) is 0 Å². The summed E-state index contributed by atoms with van der Waals surface area (Å²) in [6.07, 6.45) is 3.38. The van der Waals surface area contributed by atoms with Gasteiger partial charge in [-0.3, -0.25) is 0 Å². The zero-order chi connectivity index (χ0) is 10.8. The summed E-state index contributed by atoms with van der Waals surface area (Å²) in [6.45, 7) is 2.77. The van der Waals surface area contributed by atoms with Crippen molar-refractivity contribution in [3.05, 3.63) is 22.7 Å². The normalized spacial score (nSPS) is 17.8. The average molecular weight is 215 g/mol. The van der Waals surface area contributed by atoms with E-state index in [9.17, 15) is 8.78 Å². The molecule has 0 aromatic rings. The van der Waals surface area contributed by atoms with Gasteiger partial charge in [0.05, 0.1) is 0 Å². The van der Waals surface area contributed by atoms with Crippen LogP contribution in [0.15, 0.2) is 27.7 Å². The molecule has 0 amide bonds. The van der Waals surface area contributed by atoms with E-state index >= 15 is 0 Å². The van der Waals surface area contributed by atoms with Crippen molar-refractivity contribution in [1.82, 2.24) is 0 Å². The number of alkyl halides is 2. The average Bonchev–Trinajstić information content (AvgIpc) is 2.15. The summed E-state index contributed by atoms with van der Waals surface area (Å²) in [6, 6.07) is 0. The summed E-state index contributed by atoms with van der Waals surface area (Å²) in [5, 5.41) is 0.207. The molecule has 1 atom stereocenters. The molecule has 1 aliphatic rings. The highest BCUT2D eigenvalue weighted by molar-refractivity contribution is 7.99. The van der Waals surface area contributed by atoms with Crippen molar-refractivity contribution in [3.63, 3.8) is 0 Å². The van der Waals surface area contributed by atoms with Gasteiger partial charge in [0.1, 0.15) is 0 Å². The predicted octanol–water partition coefficient (Wildman–Crippen LogP) is 3.04. The third kappa shape index (κ3) is 2.58. The highest BCUT2D eigenvalue weighted by Gasteiger charge is 2.28. The van der Waals surface area contributed by atoms with Gasteiger partial charge in [-0.25, -0.2) is 4.99 Å². The first-order chi connectivity index (χ1) is 6.45. The van der Waals surface area contributed by atoms with E-state index in [1.54, 1.807) is 11.8 Å². The Bertz CT molecular complexity index is 353. The van der Waals surface area contributed by atoms with E-state index in [1.807, 2.05) is 13.2 Å². The zero-order valence-corrected chi connectivity index (χ0v) is 9.08. The van der Waals surface area contributed by atoms with E-state index in [0.717, 1.165) is 12.5 Å². The lowest BCUT2D eigenvalue weighted by Gasteiger charge is -2.11. The SMILES string of the molecule is CSC(C)C1=C=C=C(C(C)(F)F)N=C1. The lowest BCUT2D eigenvalue weighted by Crippen LogP contribution is -2.13. The van der Waals surface area contributed by atoms with Gasteiger partial charge in [0, 0.05) is 24.0 Å². The second-order valence-corrected chi connectivity index (χ2v) is 4.26. The third-order valence-electron chi connectivity index (χ3n) is 1.87. The smallest absolute Gasteiger partial charge is 0.245 e. The maximum Gasteiger partial charge on any atom is 0.294 e. The maximum atomic E-state index is 12.8. The number of hydrogen-bond donors (Lipinski definition) is 0.